The Morgan fingerprint density at radius 1 is 0.652 bits per heavy atom. The Balaban J connectivity index is 1.94. The van der Waals surface area contributed by atoms with Gasteiger partial charge < -0.3 is 55.1 Å². The zero-order valence-electron chi connectivity index (χ0n) is 12.0. The van der Waals surface area contributed by atoms with Crippen molar-refractivity contribution < 1.29 is 55.1 Å². The Kier molecular flexibility index (Phi) is 6.27. The Hall–Kier alpha value is -0.440. The quantitative estimate of drug-likeness (QED) is 0.243. The molecule has 2 fully saturated rings. The van der Waals surface area contributed by atoms with E-state index in [1.807, 2.05) is 0 Å². The molecule has 0 saturated carbocycles. The summed E-state index contributed by atoms with van der Waals surface area (Å²) in [5, 5.41) is 76.1. The van der Waals surface area contributed by atoms with E-state index in [1.54, 1.807) is 0 Å². The van der Waals surface area contributed by atoms with E-state index < -0.39 is 74.6 Å². The first-order valence-electron chi connectivity index (χ1n) is 7.07. The first-order chi connectivity index (χ1) is 10.8. The SMILES string of the molecule is OC[C@H]1O[C@@H](OC[C@H]2OC(O)[C@H](O)[C@@H](O)[C@H]2O)[C@H](O)[C@@H](O)[C@H]1O. The fourth-order valence-electron chi connectivity index (χ4n) is 2.46. The van der Waals surface area contributed by atoms with Crippen molar-refractivity contribution in [3.8, 4) is 0 Å². The zero-order valence-corrected chi connectivity index (χ0v) is 12.0. The molecule has 0 aromatic carbocycles. The molecular formula is C12H22O11. The van der Waals surface area contributed by atoms with Crippen molar-refractivity contribution in [2.24, 2.45) is 0 Å². The molecule has 136 valence electrons. The zero-order chi connectivity index (χ0) is 17.3. The maximum Gasteiger partial charge on any atom is 0.186 e. The lowest BCUT2D eigenvalue weighted by atomic mass is 9.98. The van der Waals surface area contributed by atoms with Crippen LogP contribution in [0.2, 0.25) is 0 Å². The van der Waals surface area contributed by atoms with Crippen LogP contribution in [0, 0.1) is 0 Å². The van der Waals surface area contributed by atoms with Gasteiger partial charge in [-0.3, -0.25) is 0 Å². The van der Waals surface area contributed by atoms with Gasteiger partial charge >= 0.3 is 0 Å². The largest absolute Gasteiger partial charge is 0.394 e. The van der Waals surface area contributed by atoms with Crippen LogP contribution in [-0.4, -0.2) is 115 Å². The van der Waals surface area contributed by atoms with E-state index in [9.17, 15) is 35.7 Å². The van der Waals surface area contributed by atoms with Crippen molar-refractivity contribution in [3.05, 3.63) is 0 Å². The van der Waals surface area contributed by atoms with Crippen molar-refractivity contribution in [1.82, 2.24) is 0 Å². The van der Waals surface area contributed by atoms with Crippen LogP contribution in [0.1, 0.15) is 0 Å². The van der Waals surface area contributed by atoms with Crippen molar-refractivity contribution in [2.45, 2.75) is 61.4 Å². The average Bonchev–Trinajstić information content (AvgIpc) is 2.54. The molecule has 23 heavy (non-hydrogen) atoms. The first-order valence-corrected chi connectivity index (χ1v) is 7.07. The normalized spacial score (nSPS) is 51.7. The van der Waals surface area contributed by atoms with E-state index in [0.717, 1.165) is 0 Å². The highest BCUT2D eigenvalue weighted by atomic mass is 16.7. The van der Waals surface area contributed by atoms with Gasteiger partial charge in [-0.2, -0.15) is 0 Å². The Morgan fingerprint density at radius 2 is 1.22 bits per heavy atom. The minimum Gasteiger partial charge on any atom is -0.394 e. The average molecular weight is 342 g/mol. The molecule has 0 aromatic rings. The molecule has 1 unspecified atom stereocenters. The monoisotopic (exact) mass is 342 g/mol. The molecule has 2 aliphatic rings. The lowest BCUT2D eigenvalue weighted by molar-refractivity contribution is -0.325. The molecule has 11 nitrogen and oxygen atoms in total. The molecule has 0 aromatic heterocycles. The minimum absolute atomic E-state index is 0.468. The third-order valence-electron chi connectivity index (χ3n) is 3.96. The summed E-state index contributed by atoms with van der Waals surface area (Å²) in [5.41, 5.74) is 0. The topological polar surface area (TPSA) is 190 Å². The standard InChI is InChI=1S/C12H22O11/c13-1-3-5(14)8(17)10(19)12(23-3)21-2-4-6(15)7(16)9(18)11(20)22-4/h3-20H,1-2H2/t3-,4-,5+,6+,7+,8+,9-,10-,11?,12-/m1/s1. The summed E-state index contributed by atoms with van der Waals surface area (Å²) in [7, 11) is 0. The van der Waals surface area contributed by atoms with Gasteiger partial charge in [0.1, 0.15) is 48.8 Å². The maximum atomic E-state index is 9.78. The van der Waals surface area contributed by atoms with Crippen molar-refractivity contribution >= 4 is 0 Å². The van der Waals surface area contributed by atoms with Gasteiger partial charge in [0.05, 0.1) is 13.2 Å². The molecule has 2 aliphatic heterocycles. The molecule has 0 aliphatic carbocycles. The van der Waals surface area contributed by atoms with Crippen molar-refractivity contribution in [1.29, 1.82) is 0 Å². The van der Waals surface area contributed by atoms with Crippen LogP contribution >= 0.6 is 0 Å². The summed E-state index contributed by atoms with van der Waals surface area (Å²) < 4.78 is 15.1. The van der Waals surface area contributed by atoms with Crippen LogP contribution in [0.25, 0.3) is 0 Å². The predicted octanol–water partition coefficient (Wildman–Crippen LogP) is -5.40. The van der Waals surface area contributed by atoms with Gasteiger partial charge in [0.15, 0.2) is 12.6 Å². The fraction of sp³-hybridized carbons (Fsp3) is 1.00. The van der Waals surface area contributed by atoms with Gasteiger partial charge in [-0.1, -0.05) is 0 Å². The number of aliphatic hydroxyl groups is 8. The van der Waals surface area contributed by atoms with Crippen LogP contribution in [0.15, 0.2) is 0 Å². The van der Waals surface area contributed by atoms with Crippen molar-refractivity contribution in [2.75, 3.05) is 13.2 Å². The summed E-state index contributed by atoms with van der Waals surface area (Å²) in [4.78, 5) is 0. The van der Waals surface area contributed by atoms with E-state index in [-0.39, 0.29) is 0 Å². The molecule has 0 spiro atoms. The van der Waals surface area contributed by atoms with E-state index in [2.05, 4.69) is 0 Å². The lowest BCUT2D eigenvalue weighted by Crippen LogP contribution is -2.61. The number of hydrogen-bond acceptors (Lipinski definition) is 11. The van der Waals surface area contributed by atoms with Crippen LogP contribution in [-0.2, 0) is 14.2 Å². The van der Waals surface area contributed by atoms with Gasteiger partial charge in [0.2, 0.25) is 0 Å². The minimum atomic E-state index is -1.74. The van der Waals surface area contributed by atoms with E-state index in [1.165, 1.54) is 0 Å². The van der Waals surface area contributed by atoms with Gasteiger partial charge in [-0.05, 0) is 0 Å². The molecule has 2 heterocycles. The first kappa shape index (κ1) is 18.9. The highest BCUT2D eigenvalue weighted by Crippen LogP contribution is 2.24. The second kappa shape index (κ2) is 7.63. The molecule has 2 rings (SSSR count). The Morgan fingerprint density at radius 3 is 1.83 bits per heavy atom. The van der Waals surface area contributed by atoms with Gasteiger partial charge in [-0.25, -0.2) is 0 Å². The molecule has 0 bridgehead atoms. The third kappa shape index (κ3) is 3.81. The maximum absolute atomic E-state index is 9.78. The van der Waals surface area contributed by atoms with Crippen LogP contribution < -0.4 is 0 Å². The van der Waals surface area contributed by atoms with E-state index >= 15 is 0 Å². The fourth-order valence-corrected chi connectivity index (χ4v) is 2.46. The van der Waals surface area contributed by atoms with Gasteiger partial charge in [0, 0.05) is 0 Å². The van der Waals surface area contributed by atoms with Gasteiger partial charge in [0.25, 0.3) is 0 Å². The summed E-state index contributed by atoms with van der Waals surface area (Å²) >= 11 is 0. The molecule has 2 saturated heterocycles. The third-order valence-corrected chi connectivity index (χ3v) is 3.96. The van der Waals surface area contributed by atoms with E-state index in [4.69, 9.17) is 19.3 Å². The number of ether oxygens (including phenoxy) is 3. The summed E-state index contributed by atoms with van der Waals surface area (Å²) in [6.07, 6.45) is -15.3. The van der Waals surface area contributed by atoms with Crippen LogP contribution in [0.5, 0.6) is 0 Å². The second-order valence-corrected chi connectivity index (χ2v) is 5.57. The van der Waals surface area contributed by atoms with E-state index in [0.29, 0.717) is 0 Å². The summed E-state index contributed by atoms with van der Waals surface area (Å²) in [6, 6.07) is 0. The highest BCUT2D eigenvalue weighted by molar-refractivity contribution is 4.91. The smallest absolute Gasteiger partial charge is 0.186 e. The Bertz CT molecular complexity index is 380. The molecular weight excluding hydrogens is 320 g/mol. The highest BCUT2D eigenvalue weighted by Gasteiger charge is 2.46. The summed E-state index contributed by atoms with van der Waals surface area (Å²) in [5.74, 6) is 0. The lowest BCUT2D eigenvalue weighted by Gasteiger charge is -2.41. The molecule has 11 heteroatoms. The predicted molar refractivity (Wildman–Crippen MR) is 68.6 cm³/mol. The summed E-state index contributed by atoms with van der Waals surface area (Å²) in [6.45, 7) is -1.10. The number of hydrogen-bond donors (Lipinski definition) is 8. The van der Waals surface area contributed by atoms with Crippen LogP contribution in [0.3, 0.4) is 0 Å². The Labute approximate surface area is 130 Å². The van der Waals surface area contributed by atoms with Crippen LogP contribution in [0.4, 0.5) is 0 Å². The molecule has 0 radical (unpaired) electrons. The molecule has 0 amide bonds. The second-order valence-electron chi connectivity index (χ2n) is 5.57. The van der Waals surface area contributed by atoms with Crippen molar-refractivity contribution in [3.63, 3.8) is 0 Å². The number of aliphatic hydroxyl groups excluding tert-OH is 8. The molecule has 8 N–H and O–H groups in total. The van der Waals surface area contributed by atoms with Gasteiger partial charge in [-0.15, -0.1) is 0 Å². The number of rotatable bonds is 4. The molecule has 10 atom stereocenters.